The van der Waals surface area contributed by atoms with Gasteiger partial charge in [0.2, 0.25) is 11.9 Å². The average Bonchev–Trinajstić information content (AvgIpc) is 3.17. The van der Waals surface area contributed by atoms with Gasteiger partial charge in [0.25, 0.3) is 0 Å². The topological polar surface area (TPSA) is 49.6 Å². The van der Waals surface area contributed by atoms with Gasteiger partial charge in [-0.05, 0) is 55.7 Å². The Morgan fingerprint density at radius 1 is 1.30 bits per heavy atom. The van der Waals surface area contributed by atoms with Crippen molar-refractivity contribution in [3.05, 3.63) is 47.4 Å². The van der Waals surface area contributed by atoms with Crippen LogP contribution in [0.1, 0.15) is 50.1 Å². The van der Waals surface area contributed by atoms with E-state index in [2.05, 4.69) is 10.2 Å². The third-order valence-corrected chi connectivity index (χ3v) is 8.21. The molecule has 2 aromatic heterocycles. The predicted molar refractivity (Wildman–Crippen MR) is 116 cm³/mol. The molecule has 6 rings (SSSR count). The number of anilines is 2. The Balaban J connectivity index is 1.24. The van der Waals surface area contributed by atoms with Crippen molar-refractivity contribution in [3.63, 3.8) is 0 Å². The number of likely N-dealkylation sites (tertiary alicyclic amines) is 1. The summed E-state index contributed by atoms with van der Waals surface area (Å²) < 4.78 is 15.6. The number of piperidine rings is 1. The molecule has 1 aliphatic heterocycles. The van der Waals surface area contributed by atoms with Crippen molar-refractivity contribution in [1.82, 2.24) is 14.3 Å². The first kappa shape index (κ1) is 18.4. The van der Waals surface area contributed by atoms with Crippen LogP contribution in [-0.4, -0.2) is 33.3 Å². The summed E-state index contributed by atoms with van der Waals surface area (Å²) in [4.78, 5) is 21.2. The molecule has 0 unspecified atom stereocenters. The van der Waals surface area contributed by atoms with Crippen LogP contribution in [0, 0.1) is 17.2 Å². The molecule has 30 heavy (non-hydrogen) atoms. The number of rotatable bonds is 4. The summed E-state index contributed by atoms with van der Waals surface area (Å²) in [6.07, 6.45) is 8.94. The highest BCUT2D eigenvalue weighted by molar-refractivity contribution is 7.15. The fourth-order valence-corrected chi connectivity index (χ4v) is 6.30. The molecular formula is C23H25FN4OS. The number of amides is 1. The van der Waals surface area contributed by atoms with Crippen LogP contribution < -0.4 is 5.32 Å². The van der Waals surface area contributed by atoms with Gasteiger partial charge in [-0.25, -0.2) is 9.37 Å². The van der Waals surface area contributed by atoms with Crippen LogP contribution in [0.5, 0.6) is 0 Å². The number of thiazole rings is 1. The summed E-state index contributed by atoms with van der Waals surface area (Å²) in [5.74, 6) is 1.32. The van der Waals surface area contributed by atoms with Crippen molar-refractivity contribution in [2.45, 2.75) is 44.4 Å². The van der Waals surface area contributed by atoms with E-state index in [0.717, 1.165) is 42.9 Å². The molecule has 0 radical (unpaired) electrons. The summed E-state index contributed by atoms with van der Waals surface area (Å²) in [7, 11) is 0. The van der Waals surface area contributed by atoms with Gasteiger partial charge >= 0.3 is 0 Å². The van der Waals surface area contributed by atoms with Crippen molar-refractivity contribution in [2.24, 2.45) is 11.3 Å². The number of nitrogens with one attached hydrogen (secondary N) is 1. The van der Waals surface area contributed by atoms with E-state index in [1.54, 1.807) is 17.4 Å². The van der Waals surface area contributed by atoms with Gasteiger partial charge in [0.1, 0.15) is 10.6 Å². The number of carbonyl (C=O) groups excluding carboxylic acids is 1. The van der Waals surface area contributed by atoms with Crippen LogP contribution in [0.4, 0.5) is 16.0 Å². The number of hydrogen-bond donors (Lipinski definition) is 1. The van der Waals surface area contributed by atoms with Gasteiger partial charge < -0.3 is 10.2 Å². The van der Waals surface area contributed by atoms with E-state index in [-0.39, 0.29) is 17.7 Å². The van der Waals surface area contributed by atoms with Gasteiger partial charge in [0.15, 0.2) is 0 Å². The normalized spacial score (nSPS) is 24.8. The Morgan fingerprint density at radius 2 is 2.20 bits per heavy atom. The maximum atomic E-state index is 13.6. The fourth-order valence-electron chi connectivity index (χ4n) is 5.40. The van der Waals surface area contributed by atoms with Crippen LogP contribution in [0.25, 0.3) is 4.83 Å². The van der Waals surface area contributed by atoms with Crippen LogP contribution in [0.3, 0.4) is 0 Å². The highest BCUT2D eigenvalue weighted by Crippen LogP contribution is 2.66. The Hall–Kier alpha value is -2.41. The Labute approximate surface area is 178 Å². The molecule has 5 nitrogen and oxygen atoms in total. The fraction of sp³-hybridized carbons (Fsp3) is 0.478. The molecule has 3 heterocycles. The molecule has 1 saturated heterocycles. The molecule has 2 aliphatic carbocycles. The maximum Gasteiger partial charge on any atom is 0.226 e. The van der Waals surface area contributed by atoms with E-state index in [9.17, 15) is 9.18 Å². The molecule has 3 aromatic rings. The number of hydrogen-bond acceptors (Lipinski definition) is 4. The zero-order valence-corrected chi connectivity index (χ0v) is 17.6. The second-order valence-corrected chi connectivity index (χ2v) is 10.0. The molecule has 1 aromatic carbocycles. The first-order valence-electron chi connectivity index (χ1n) is 10.9. The van der Waals surface area contributed by atoms with Gasteiger partial charge in [0.05, 0.1) is 5.69 Å². The number of imidazole rings is 1. The van der Waals surface area contributed by atoms with Crippen molar-refractivity contribution in [2.75, 3.05) is 18.4 Å². The number of fused-ring (bicyclic) bond motifs is 1. The zero-order valence-electron chi connectivity index (χ0n) is 16.8. The number of benzene rings is 1. The standard InChI is InChI=1S/C23H25FN4OS/c24-16-5-1-6-17(12-16)25-22-26-19(21-28(22)10-11-30-21)15-4-2-9-27(14-15)20(29)18-13-23(18)7-3-8-23/h1,5-6,10-12,15,18H,2-4,7-9,13-14H2,(H,25,26)/t15-,18+/m1/s1. The van der Waals surface area contributed by atoms with E-state index in [4.69, 9.17) is 4.98 Å². The molecule has 3 fully saturated rings. The van der Waals surface area contributed by atoms with E-state index in [1.165, 1.54) is 31.4 Å². The first-order chi connectivity index (χ1) is 14.6. The minimum absolute atomic E-state index is 0.246. The molecule has 3 aliphatic rings. The second kappa shape index (κ2) is 6.80. The number of aromatic nitrogens is 2. The van der Waals surface area contributed by atoms with Crippen LogP contribution >= 0.6 is 11.3 Å². The minimum atomic E-state index is -0.274. The Bertz CT molecular complexity index is 1120. The molecule has 0 bridgehead atoms. The second-order valence-electron chi connectivity index (χ2n) is 9.13. The first-order valence-corrected chi connectivity index (χ1v) is 11.8. The SMILES string of the molecule is O=C([C@@H]1CC12CCC2)N1CCC[C@@H](c2nc(Nc3cccc(F)c3)n3ccsc23)C1. The summed E-state index contributed by atoms with van der Waals surface area (Å²) in [6, 6.07) is 6.43. The minimum Gasteiger partial charge on any atom is -0.342 e. The number of carbonyl (C=O) groups is 1. The third-order valence-electron chi connectivity index (χ3n) is 7.32. The van der Waals surface area contributed by atoms with Gasteiger partial charge in [0, 0.05) is 42.2 Å². The van der Waals surface area contributed by atoms with Crippen LogP contribution in [-0.2, 0) is 4.79 Å². The quantitative estimate of drug-likeness (QED) is 0.628. The van der Waals surface area contributed by atoms with E-state index < -0.39 is 0 Å². The molecule has 1 spiro atoms. The molecule has 2 atom stereocenters. The molecule has 1 amide bonds. The van der Waals surface area contributed by atoms with Gasteiger partial charge in [-0.15, -0.1) is 11.3 Å². The Morgan fingerprint density at radius 3 is 2.97 bits per heavy atom. The van der Waals surface area contributed by atoms with E-state index >= 15 is 0 Å². The average molecular weight is 425 g/mol. The monoisotopic (exact) mass is 424 g/mol. The lowest BCUT2D eigenvalue weighted by molar-refractivity contribution is -0.135. The maximum absolute atomic E-state index is 13.6. The third kappa shape index (κ3) is 2.94. The number of halogens is 1. The highest BCUT2D eigenvalue weighted by Gasteiger charge is 2.61. The van der Waals surface area contributed by atoms with Crippen molar-refractivity contribution < 1.29 is 9.18 Å². The summed E-state index contributed by atoms with van der Waals surface area (Å²) in [6.45, 7) is 1.63. The lowest BCUT2D eigenvalue weighted by atomic mass is 9.79. The molecular weight excluding hydrogens is 399 g/mol. The molecule has 1 N–H and O–H groups in total. The summed E-state index contributed by atoms with van der Waals surface area (Å²) in [5.41, 5.74) is 2.11. The van der Waals surface area contributed by atoms with Gasteiger partial charge in [-0.1, -0.05) is 12.5 Å². The lowest BCUT2D eigenvalue weighted by Crippen LogP contribution is -2.41. The highest BCUT2D eigenvalue weighted by atomic mass is 32.1. The van der Waals surface area contributed by atoms with Crippen LogP contribution in [0.15, 0.2) is 35.8 Å². The lowest BCUT2D eigenvalue weighted by Gasteiger charge is -2.34. The van der Waals surface area contributed by atoms with Crippen LogP contribution in [0.2, 0.25) is 0 Å². The van der Waals surface area contributed by atoms with Crippen molar-refractivity contribution in [1.29, 1.82) is 0 Å². The van der Waals surface area contributed by atoms with E-state index in [1.807, 2.05) is 22.0 Å². The smallest absolute Gasteiger partial charge is 0.226 e. The summed E-state index contributed by atoms with van der Waals surface area (Å²) >= 11 is 1.67. The molecule has 2 saturated carbocycles. The predicted octanol–water partition coefficient (Wildman–Crippen LogP) is 5.17. The molecule has 156 valence electrons. The molecule has 7 heteroatoms. The summed E-state index contributed by atoms with van der Waals surface area (Å²) in [5, 5.41) is 5.31. The number of nitrogens with zero attached hydrogens (tertiary/aromatic N) is 3. The largest absolute Gasteiger partial charge is 0.342 e. The van der Waals surface area contributed by atoms with Crippen molar-refractivity contribution in [3.8, 4) is 0 Å². The van der Waals surface area contributed by atoms with Gasteiger partial charge in [-0.3, -0.25) is 9.20 Å². The van der Waals surface area contributed by atoms with Crippen molar-refractivity contribution >= 4 is 33.7 Å². The Kier molecular flexibility index (Phi) is 4.17. The zero-order chi connectivity index (χ0) is 20.3. The van der Waals surface area contributed by atoms with Gasteiger partial charge in [-0.2, -0.15) is 0 Å². The van der Waals surface area contributed by atoms with E-state index in [0.29, 0.717) is 23.0 Å².